The first-order valence-electron chi connectivity index (χ1n) is 10.8. The highest BCUT2D eigenvalue weighted by Gasteiger charge is 2.52. The van der Waals surface area contributed by atoms with Crippen LogP contribution in [0.5, 0.6) is 0 Å². The van der Waals surface area contributed by atoms with Crippen molar-refractivity contribution < 1.29 is 19.1 Å². The van der Waals surface area contributed by atoms with Crippen molar-refractivity contribution in [3.8, 4) is 0 Å². The van der Waals surface area contributed by atoms with Crippen LogP contribution >= 0.6 is 0 Å². The Bertz CT molecular complexity index is 798. The normalized spacial score (nSPS) is 20.7. The number of ether oxygens (including phenoxy) is 1. The molecule has 1 aromatic rings. The first-order chi connectivity index (χ1) is 14.5. The second-order valence-corrected chi connectivity index (χ2v) is 8.44. The van der Waals surface area contributed by atoms with Gasteiger partial charge in [0.15, 0.2) is 0 Å². The molecule has 3 aliphatic rings. The molecule has 1 N–H and O–H groups in total. The number of imide groups is 1. The van der Waals surface area contributed by atoms with Crippen LogP contribution in [0.25, 0.3) is 0 Å². The number of benzene rings is 1. The van der Waals surface area contributed by atoms with Crippen molar-refractivity contribution in [3.63, 3.8) is 0 Å². The quantitative estimate of drug-likeness (QED) is 0.717. The topological polar surface area (TPSA) is 82.2 Å². The predicted molar refractivity (Wildman–Crippen MR) is 112 cm³/mol. The van der Waals surface area contributed by atoms with Crippen LogP contribution in [0.1, 0.15) is 37.7 Å². The summed E-state index contributed by atoms with van der Waals surface area (Å²) in [5, 5.41) is 2.85. The fraction of sp³-hybridized carbons (Fsp3) is 0.591. The monoisotopic (exact) mass is 414 g/mol. The molecule has 0 unspecified atom stereocenters. The molecule has 8 nitrogen and oxygen atoms in total. The third-order valence-corrected chi connectivity index (χ3v) is 6.41. The molecule has 2 saturated heterocycles. The summed E-state index contributed by atoms with van der Waals surface area (Å²) < 4.78 is 5.39. The Kier molecular flexibility index (Phi) is 5.94. The summed E-state index contributed by atoms with van der Waals surface area (Å²) in [5.41, 5.74) is 1.49. The van der Waals surface area contributed by atoms with Crippen LogP contribution < -0.4 is 10.2 Å². The molecule has 4 rings (SSSR count). The Hall–Kier alpha value is -2.61. The molecule has 1 aromatic carbocycles. The molecule has 1 aliphatic carbocycles. The second kappa shape index (κ2) is 8.63. The van der Waals surface area contributed by atoms with Gasteiger partial charge in [-0.2, -0.15) is 0 Å². The molecule has 1 saturated carbocycles. The minimum Gasteiger partial charge on any atom is -0.378 e. The number of nitrogens with zero attached hydrogens (tertiary/aromatic N) is 3. The zero-order valence-electron chi connectivity index (χ0n) is 17.6. The fourth-order valence-electron chi connectivity index (χ4n) is 4.59. The molecule has 3 fully saturated rings. The highest BCUT2D eigenvalue weighted by molar-refractivity contribution is 6.07. The number of hydrogen-bond acceptors (Lipinski definition) is 5. The van der Waals surface area contributed by atoms with Gasteiger partial charge in [-0.15, -0.1) is 0 Å². The maximum atomic E-state index is 12.7. The minimum absolute atomic E-state index is 0.0831. The standard InChI is InChI=1S/C22H30N4O4/c1-24(16-17-4-6-18(7-5-17)25-12-14-30-15-13-25)19(27)8-11-26-20(28)22(23-21(26)29)9-2-3-10-22/h4-7H,2-3,8-16H2,1H3,(H,23,29). The molecule has 30 heavy (non-hydrogen) atoms. The number of amides is 4. The Labute approximate surface area is 177 Å². The lowest BCUT2D eigenvalue weighted by Gasteiger charge is -2.29. The molecule has 1 spiro atoms. The largest absolute Gasteiger partial charge is 0.378 e. The van der Waals surface area contributed by atoms with E-state index >= 15 is 0 Å². The van der Waals surface area contributed by atoms with Crippen LogP contribution in [0.3, 0.4) is 0 Å². The van der Waals surface area contributed by atoms with Gasteiger partial charge in [0.2, 0.25) is 5.91 Å². The van der Waals surface area contributed by atoms with E-state index in [4.69, 9.17) is 4.74 Å². The van der Waals surface area contributed by atoms with E-state index in [2.05, 4.69) is 22.3 Å². The van der Waals surface area contributed by atoms with Crippen molar-refractivity contribution in [1.29, 1.82) is 0 Å². The van der Waals surface area contributed by atoms with Crippen LogP contribution in [-0.4, -0.2) is 73.1 Å². The van der Waals surface area contributed by atoms with Crippen molar-refractivity contribution in [2.24, 2.45) is 0 Å². The smallest absolute Gasteiger partial charge is 0.325 e. The van der Waals surface area contributed by atoms with Gasteiger partial charge in [0.1, 0.15) is 5.54 Å². The van der Waals surface area contributed by atoms with Crippen LogP contribution in [-0.2, 0) is 20.9 Å². The van der Waals surface area contributed by atoms with Gasteiger partial charge in [0.25, 0.3) is 5.91 Å². The van der Waals surface area contributed by atoms with Gasteiger partial charge >= 0.3 is 6.03 Å². The van der Waals surface area contributed by atoms with Crippen molar-refractivity contribution >= 4 is 23.5 Å². The average molecular weight is 415 g/mol. The molecular weight excluding hydrogens is 384 g/mol. The van der Waals surface area contributed by atoms with E-state index < -0.39 is 5.54 Å². The highest BCUT2D eigenvalue weighted by atomic mass is 16.5. The predicted octanol–water partition coefficient (Wildman–Crippen LogP) is 1.74. The number of nitrogens with one attached hydrogen (secondary N) is 1. The average Bonchev–Trinajstić information content (AvgIpc) is 3.32. The van der Waals surface area contributed by atoms with Gasteiger partial charge in [-0.25, -0.2) is 4.79 Å². The van der Waals surface area contributed by atoms with Crippen molar-refractivity contribution in [1.82, 2.24) is 15.1 Å². The number of urea groups is 1. The van der Waals surface area contributed by atoms with Gasteiger partial charge in [0.05, 0.1) is 13.2 Å². The number of carbonyl (C=O) groups is 3. The van der Waals surface area contributed by atoms with Gasteiger partial charge in [-0.05, 0) is 30.5 Å². The van der Waals surface area contributed by atoms with Gasteiger partial charge in [-0.3, -0.25) is 14.5 Å². The highest BCUT2D eigenvalue weighted by Crippen LogP contribution is 2.35. The Morgan fingerprint density at radius 3 is 2.47 bits per heavy atom. The van der Waals surface area contributed by atoms with E-state index in [0.29, 0.717) is 19.4 Å². The maximum Gasteiger partial charge on any atom is 0.325 e. The van der Waals surface area contributed by atoms with Gasteiger partial charge in [0, 0.05) is 45.3 Å². The Balaban J connectivity index is 1.28. The summed E-state index contributed by atoms with van der Waals surface area (Å²) in [6, 6.07) is 7.86. The molecule has 8 heteroatoms. The summed E-state index contributed by atoms with van der Waals surface area (Å²) in [6.45, 7) is 3.90. The molecule has 162 valence electrons. The van der Waals surface area contributed by atoms with Crippen LogP contribution in [0.2, 0.25) is 0 Å². The summed E-state index contributed by atoms with van der Waals surface area (Å²) >= 11 is 0. The van der Waals surface area contributed by atoms with Crippen molar-refractivity contribution in [2.75, 3.05) is 44.8 Å². The molecule has 4 amide bonds. The Morgan fingerprint density at radius 1 is 1.13 bits per heavy atom. The molecular formula is C22H30N4O4. The number of morpholine rings is 1. The van der Waals surface area contributed by atoms with E-state index in [1.54, 1.807) is 11.9 Å². The summed E-state index contributed by atoms with van der Waals surface area (Å²) in [7, 11) is 1.75. The summed E-state index contributed by atoms with van der Waals surface area (Å²) in [5.74, 6) is -0.251. The molecule has 2 heterocycles. The van der Waals surface area contributed by atoms with Crippen LogP contribution in [0.4, 0.5) is 10.5 Å². The van der Waals surface area contributed by atoms with E-state index in [1.165, 1.54) is 4.90 Å². The lowest BCUT2D eigenvalue weighted by atomic mass is 9.98. The molecule has 2 aliphatic heterocycles. The number of anilines is 1. The molecule has 0 bridgehead atoms. The molecule has 0 radical (unpaired) electrons. The van der Waals surface area contributed by atoms with Crippen LogP contribution in [0, 0.1) is 0 Å². The summed E-state index contributed by atoms with van der Waals surface area (Å²) in [4.78, 5) is 42.7. The molecule has 0 aromatic heterocycles. The zero-order valence-corrected chi connectivity index (χ0v) is 17.6. The summed E-state index contributed by atoms with van der Waals surface area (Å²) in [6.07, 6.45) is 3.43. The lowest BCUT2D eigenvalue weighted by Crippen LogP contribution is -2.44. The SMILES string of the molecule is CN(Cc1ccc(N2CCOCC2)cc1)C(=O)CCN1C(=O)NC2(CCCC2)C1=O. The van der Waals surface area contributed by atoms with Gasteiger partial charge < -0.3 is 19.9 Å². The second-order valence-electron chi connectivity index (χ2n) is 8.44. The van der Waals surface area contributed by atoms with Crippen molar-refractivity contribution in [3.05, 3.63) is 29.8 Å². The molecule has 0 atom stereocenters. The lowest BCUT2D eigenvalue weighted by molar-refractivity contribution is -0.133. The van der Waals surface area contributed by atoms with Gasteiger partial charge in [-0.1, -0.05) is 25.0 Å². The third kappa shape index (κ3) is 4.14. The first kappa shape index (κ1) is 20.7. The van der Waals surface area contributed by atoms with E-state index in [1.807, 2.05) is 12.1 Å². The number of hydrogen-bond donors (Lipinski definition) is 1. The van der Waals surface area contributed by atoms with E-state index in [0.717, 1.165) is 50.4 Å². The number of rotatable bonds is 6. The third-order valence-electron chi connectivity index (χ3n) is 6.41. The van der Waals surface area contributed by atoms with Crippen LogP contribution in [0.15, 0.2) is 24.3 Å². The zero-order chi connectivity index (χ0) is 21.1. The Morgan fingerprint density at radius 2 is 1.80 bits per heavy atom. The number of carbonyl (C=O) groups excluding carboxylic acids is 3. The fourth-order valence-corrected chi connectivity index (χ4v) is 4.59. The van der Waals surface area contributed by atoms with E-state index in [-0.39, 0.29) is 30.8 Å². The first-order valence-corrected chi connectivity index (χ1v) is 10.8. The van der Waals surface area contributed by atoms with E-state index in [9.17, 15) is 14.4 Å². The minimum atomic E-state index is -0.714. The van der Waals surface area contributed by atoms with Crippen molar-refractivity contribution in [2.45, 2.75) is 44.2 Å². The maximum absolute atomic E-state index is 12.7.